The van der Waals surface area contributed by atoms with Gasteiger partial charge in [0.2, 0.25) is 5.91 Å². The van der Waals surface area contributed by atoms with Crippen molar-refractivity contribution in [2.24, 2.45) is 0 Å². The topological polar surface area (TPSA) is 54.3 Å². The van der Waals surface area contributed by atoms with E-state index in [9.17, 15) is 18.0 Å². The monoisotopic (exact) mass is 296 g/mol. The largest absolute Gasteiger partial charge is 0.467 e. The summed E-state index contributed by atoms with van der Waals surface area (Å²) in [5.41, 5.74) is -4.23. The summed E-state index contributed by atoms with van der Waals surface area (Å²) in [5.74, 6) is 0.209. The van der Waals surface area contributed by atoms with E-state index in [1.165, 1.54) is 6.26 Å². The van der Waals surface area contributed by atoms with Crippen LogP contribution in [-0.2, 0) is 11.3 Å². The first kappa shape index (κ1) is 15.9. The summed E-state index contributed by atoms with van der Waals surface area (Å²) in [5, 5.41) is 5.34. The molecular formula is C11H15F3N2O2S. The van der Waals surface area contributed by atoms with E-state index >= 15 is 0 Å². The van der Waals surface area contributed by atoms with Crippen molar-refractivity contribution in [1.29, 1.82) is 0 Å². The Bertz CT molecular complexity index is 382. The van der Waals surface area contributed by atoms with Crippen molar-refractivity contribution in [3.63, 3.8) is 0 Å². The van der Waals surface area contributed by atoms with Crippen molar-refractivity contribution in [3.05, 3.63) is 24.2 Å². The molecule has 0 radical (unpaired) electrons. The van der Waals surface area contributed by atoms with Crippen molar-refractivity contribution in [3.8, 4) is 0 Å². The summed E-state index contributed by atoms with van der Waals surface area (Å²) >= 11 is -0.111. The number of amides is 1. The molecule has 1 aromatic rings. The van der Waals surface area contributed by atoms with Gasteiger partial charge in [0.15, 0.2) is 0 Å². The van der Waals surface area contributed by atoms with E-state index in [0.29, 0.717) is 5.76 Å². The second-order valence-corrected chi connectivity index (χ2v) is 4.93. The van der Waals surface area contributed by atoms with Gasteiger partial charge in [0, 0.05) is 12.3 Å². The molecule has 0 saturated heterocycles. The van der Waals surface area contributed by atoms with Gasteiger partial charge < -0.3 is 15.1 Å². The zero-order valence-corrected chi connectivity index (χ0v) is 11.1. The Hall–Kier alpha value is -1.15. The molecule has 2 N–H and O–H groups in total. The molecule has 0 aliphatic rings. The normalized spacial score (nSPS) is 13.3. The maximum absolute atomic E-state index is 11.9. The first-order valence-electron chi connectivity index (χ1n) is 5.62. The van der Waals surface area contributed by atoms with Gasteiger partial charge in [0.05, 0.1) is 18.8 Å². The molecule has 0 aliphatic carbocycles. The summed E-state index contributed by atoms with van der Waals surface area (Å²) in [7, 11) is 0. The minimum absolute atomic E-state index is 0.111. The summed E-state index contributed by atoms with van der Waals surface area (Å²) in [6, 6.07) is 2.87. The fraction of sp³-hybridized carbons (Fsp3) is 0.545. The second kappa shape index (κ2) is 7.44. The van der Waals surface area contributed by atoms with Gasteiger partial charge in [-0.15, -0.1) is 0 Å². The van der Waals surface area contributed by atoms with Crippen molar-refractivity contribution in [2.75, 3.05) is 12.3 Å². The van der Waals surface area contributed by atoms with Crippen LogP contribution in [0.1, 0.15) is 12.7 Å². The molecule has 0 saturated carbocycles. The third-order valence-corrected chi connectivity index (χ3v) is 2.96. The van der Waals surface area contributed by atoms with Gasteiger partial charge in [-0.05, 0) is 30.8 Å². The maximum atomic E-state index is 11.9. The van der Waals surface area contributed by atoms with Crippen LogP contribution in [0.25, 0.3) is 0 Å². The molecule has 1 amide bonds. The highest BCUT2D eigenvalue weighted by molar-refractivity contribution is 8.00. The van der Waals surface area contributed by atoms with Crippen LogP contribution in [0.5, 0.6) is 0 Å². The summed E-state index contributed by atoms with van der Waals surface area (Å²) in [4.78, 5) is 11.6. The number of halogens is 3. The van der Waals surface area contributed by atoms with E-state index in [-0.39, 0.29) is 36.5 Å². The van der Waals surface area contributed by atoms with E-state index in [1.807, 2.05) is 0 Å². The number of hydrogen-bond donors (Lipinski definition) is 2. The number of furan rings is 1. The fourth-order valence-corrected chi connectivity index (χ4v) is 1.73. The first-order chi connectivity index (χ1) is 8.88. The number of hydrogen-bond acceptors (Lipinski definition) is 4. The lowest BCUT2D eigenvalue weighted by atomic mass is 10.3. The van der Waals surface area contributed by atoms with Gasteiger partial charge in [-0.1, -0.05) is 0 Å². The molecule has 0 aliphatic heterocycles. The smallest absolute Gasteiger partial charge is 0.441 e. The minimum atomic E-state index is -4.23. The molecule has 1 unspecified atom stereocenters. The summed E-state index contributed by atoms with van der Waals surface area (Å²) < 4.78 is 40.6. The lowest BCUT2D eigenvalue weighted by Gasteiger charge is -2.13. The molecule has 19 heavy (non-hydrogen) atoms. The third-order valence-electron chi connectivity index (χ3n) is 2.23. The molecule has 0 bridgehead atoms. The SMILES string of the molecule is CC(NCCSC(F)(F)F)C(=O)NCc1ccco1. The average molecular weight is 296 g/mol. The zero-order valence-electron chi connectivity index (χ0n) is 10.3. The van der Waals surface area contributed by atoms with Gasteiger partial charge in [-0.25, -0.2) is 0 Å². The number of carbonyl (C=O) groups is 1. The highest BCUT2D eigenvalue weighted by atomic mass is 32.2. The van der Waals surface area contributed by atoms with E-state index in [4.69, 9.17) is 4.42 Å². The van der Waals surface area contributed by atoms with Gasteiger partial charge >= 0.3 is 5.51 Å². The van der Waals surface area contributed by atoms with Gasteiger partial charge in [-0.3, -0.25) is 4.79 Å². The number of nitrogens with one attached hydrogen (secondary N) is 2. The quantitative estimate of drug-likeness (QED) is 0.757. The molecule has 1 heterocycles. The summed E-state index contributed by atoms with van der Waals surface area (Å²) in [6.45, 7) is 1.96. The number of carbonyl (C=O) groups excluding carboxylic acids is 1. The molecule has 1 atom stereocenters. The Balaban J connectivity index is 2.14. The predicted molar refractivity (Wildman–Crippen MR) is 66.5 cm³/mol. The Labute approximate surface area is 113 Å². The van der Waals surface area contributed by atoms with E-state index in [0.717, 1.165) is 0 Å². The lowest BCUT2D eigenvalue weighted by molar-refractivity contribution is -0.122. The molecule has 0 fully saturated rings. The molecule has 108 valence electrons. The molecule has 1 aromatic heterocycles. The summed E-state index contributed by atoms with van der Waals surface area (Å²) in [6.07, 6.45) is 1.50. The van der Waals surface area contributed by atoms with E-state index < -0.39 is 11.6 Å². The number of rotatable bonds is 7. The fourth-order valence-electron chi connectivity index (χ4n) is 1.28. The van der Waals surface area contributed by atoms with Crippen molar-refractivity contribution in [1.82, 2.24) is 10.6 Å². The van der Waals surface area contributed by atoms with Crippen LogP contribution in [0, 0.1) is 0 Å². The molecule has 0 aromatic carbocycles. The van der Waals surface area contributed by atoms with Crippen LogP contribution in [0.2, 0.25) is 0 Å². The molecular weight excluding hydrogens is 281 g/mol. The molecule has 8 heteroatoms. The Morgan fingerprint density at radius 1 is 1.53 bits per heavy atom. The molecule has 1 rings (SSSR count). The first-order valence-corrected chi connectivity index (χ1v) is 6.61. The standard InChI is InChI=1S/C11H15F3N2O2S/c1-8(15-4-6-19-11(12,13)14)10(17)16-7-9-3-2-5-18-9/h2-3,5,8,15H,4,6-7H2,1H3,(H,16,17). The van der Waals surface area contributed by atoms with Crippen molar-refractivity contribution in [2.45, 2.75) is 25.0 Å². The second-order valence-electron chi connectivity index (χ2n) is 3.77. The highest BCUT2D eigenvalue weighted by Crippen LogP contribution is 2.29. The Morgan fingerprint density at radius 3 is 2.84 bits per heavy atom. The van der Waals surface area contributed by atoms with Crippen LogP contribution < -0.4 is 10.6 Å². The van der Waals surface area contributed by atoms with Crippen molar-refractivity contribution < 1.29 is 22.4 Å². The van der Waals surface area contributed by atoms with Crippen LogP contribution in [0.3, 0.4) is 0 Å². The van der Waals surface area contributed by atoms with Gasteiger partial charge in [0.25, 0.3) is 0 Å². The van der Waals surface area contributed by atoms with Gasteiger partial charge in [0.1, 0.15) is 5.76 Å². The zero-order chi connectivity index (χ0) is 14.3. The Morgan fingerprint density at radius 2 is 2.26 bits per heavy atom. The predicted octanol–water partition coefficient (Wildman–Crippen LogP) is 2.13. The third kappa shape index (κ3) is 7.12. The minimum Gasteiger partial charge on any atom is -0.467 e. The van der Waals surface area contributed by atoms with Gasteiger partial charge in [-0.2, -0.15) is 13.2 Å². The molecule has 0 spiro atoms. The van der Waals surface area contributed by atoms with Crippen LogP contribution in [0.15, 0.2) is 22.8 Å². The van der Waals surface area contributed by atoms with Crippen molar-refractivity contribution >= 4 is 17.7 Å². The Kier molecular flexibility index (Phi) is 6.23. The van der Waals surface area contributed by atoms with E-state index in [1.54, 1.807) is 19.1 Å². The van der Waals surface area contributed by atoms with Crippen LogP contribution in [-0.4, -0.2) is 29.8 Å². The van der Waals surface area contributed by atoms with Crippen LogP contribution >= 0.6 is 11.8 Å². The molecule has 4 nitrogen and oxygen atoms in total. The maximum Gasteiger partial charge on any atom is 0.441 e. The highest BCUT2D eigenvalue weighted by Gasteiger charge is 2.27. The number of thioether (sulfide) groups is 1. The van der Waals surface area contributed by atoms with E-state index in [2.05, 4.69) is 10.6 Å². The lowest BCUT2D eigenvalue weighted by Crippen LogP contribution is -2.42. The average Bonchev–Trinajstić information content (AvgIpc) is 2.83. The number of alkyl halides is 3. The van der Waals surface area contributed by atoms with Crippen LogP contribution in [0.4, 0.5) is 13.2 Å².